The van der Waals surface area contributed by atoms with Crippen LogP contribution in [0.4, 0.5) is 10.5 Å². The first-order valence-corrected chi connectivity index (χ1v) is 14.0. The van der Waals surface area contributed by atoms with E-state index in [2.05, 4.69) is 5.32 Å². The van der Waals surface area contributed by atoms with E-state index in [1.54, 1.807) is 39.5 Å². The molecule has 3 amide bonds. The number of nitro benzene ring substituents is 1. The summed E-state index contributed by atoms with van der Waals surface area (Å²) < 4.78 is 5.21. The second-order valence-electron chi connectivity index (χ2n) is 10.7. The van der Waals surface area contributed by atoms with Crippen LogP contribution < -0.4 is 5.32 Å². The highest BCUT2D eigenvalue weighted by molar-refractivity contribution is 6.12. The Morgan fingerprint density at radius 3 is 2.02 bits per heavy atom. The Morgan fingerprint density at radius 2 is 1.46 bits per heavy atom. The molecule has 0 heterocycles. The van der Waals surface area contributed by atoms with E-state index in [1.807, 2.05) is 6.92 Å². The summed E-state index contributed by atoms with van der Waals surface area (Å²) in [5.74, 6) is -2.47. The first kappa shape index (κ1) is 33.1. The fourth-order valence-corrected chi connectivity index (χ4v) is 4.48. The van der Waals surface area contributed by atoms with Gasteiger partial charge in [-0.3, -0.25) is 19.7 Å². The molecule has 0 bridgehead atoms. The molecular formula is C29H42N4O8. The number of aromatic hydroxyl groups is 2. The van der Waals surface area contributed by atoms with Crippen LogP contribution in [-0.4, -0.2) is 81.2 Å². The first-order chi connectivity index (χ1) is 19.2. The number of phenols is 2. The summed E-state index contributed by atoms with van der Waals surface area (Å²) in [7, 11) is 0. The number of fused-ring (bicyclic) bond motifs is 1. The number of alkyl carbamates (subject to hydrolysis) is 1. The second-order valence-corrected chi connectivity index (χ2v) is 10.7. The van der Waals surface area contributed by atoms with E-state index in [0.29, 0.717) is 39.1 Å². The predicted molar refractivity (Wildman–Crippen MR) is 155 cm³/mol. The molecule has 0 saturated carbocycles. The molecule has 0 atom stereocenters. The average molecular weight is 575 g/mol. The Hall–Kier alpha value is -4.09. The third-order valence-corrected chi connectivity index (χ3v) is 6.59. The topological polar surface area (TPSA) is 163 Å². The molecule has 41 heavy (non-hydrogen) atoms. The Balaban J connectivity index is 2.25. The van der Waals surface area contributed by atoms with Crippen molar-refractivity contribution in [3.05, 3.63) is 39.4 Å². The Bertz CT molecular complexity index is 1270. The highest BCUT2D eigenvalue weighted by Gasteiger charge is 2.29. The molecule has 0 aliphatic rings. The number of nitrogens with zero attached hydrogens (tertiary/aromatic N) is 3. The van der Waals surface area contributed by atoms with E-state index in [0.717, 1.165) is 25.3 Å². The number of carbonyl (C=O) groups is 3. The van der Waals surface area contributed by atoms with Crippen LogP contribution in [0.15, 0.2) is 18.2 Å². The maximum absolute atomic E-state index is 13.7. The third-order valence-electron chi connectivity index (χ3n) is 6.59. The molecular weight excluding hydrogens is 532 g/mol. The van der Waals surface area contributed by atoms with E-state index in [9.17, 15) is 34.7 Å². The number of ether oxygens (including phenoxy) is 1. The molecule has 2 aromatic rings. The fourth-order valence-electron chi connectivity index (χ4n) is 4.48. The standard InChI is InChI=1S/C29H42N4O8/c1-7-31(8-2)26(36)22-18-20-19(17-23(34)25(35)24(20)33(39)40)16-21(22)27(37)32(9-3)15-13-11-10-12-14-30-28(38)41-29(4,5)6/h16-18,34-35H,7-15H2,1-6H3,(H,30,38). The van der Waals surface area contributed by atoms with Gasteiger partial charge in [-0.1, -0.05) is 12.8 Å². The maximum atomic E-state index is 13.7. The number of amides is 3. The number of phenolic OH excluding ortho intramolecular Hbond substituents is 2. The van der Waals surface area contributed by atoms with Gasteiger partial charge in [0.25, 0.3) is 11.8 Å². The van der Waals surface area contributed by atoms with Gasteiger partial charge >= 0.3 is 11.8 Å². The fraction of sp³-hybridized carbons (Fsp3) is 0.552. The zero-order chi connectivity index (χ0) is 30.9. The minimum Gasteiger partial charge on any atom is -0.504 e. The molecule has 0 radical (unpaired) electrons. The predicted octanol–water partition coefficient (Wildman–Crippen LogP) is 5.19. The molecule has 2 rings (SSSR count). The molecule has 0 aromatic heterocycles. The van der Waals surface area contributed by atoms with Crippen molar-refractivity contribution < 1.29 is 34.3 Å². The van der Waals surface area contributed by atoms with Gasteiger partial charge in [0.2, 0.25) is 5.75 Å². The number of unbranched alkanes of at least 4 members (excludes halogenated alkanes) is 3. The number of nitrogens with one attached hydrogen (secondary N) is 1. The number of benzene rings is 2. The van der Waals surface area contributed by atoms with Gasteiger partial charge in [0.05, 0.1) is 21.4 Å². The summed E-state index contributed by atoms with van der Waals surface area (Å²) in [6.07, 6.45) is 2.62. The van der Waals surface area contributed by atoms with Crippen molar-refractivity contribution >= 4 is 34.4 Å². The second kappa shape index (κ2) is 14.5. The molecule has 3 N–H and O–H groups in total. The molecule has 226 valence electrons. The van der Waals surface area contributed by atoms with E-state index < -0.39 is 45.6 Å². The van der Waals surface area contributed by atoms with Crippen molar-refractivity contribution in [3.8, 4) is 11.5 Å². The molecule has 2 aromatic carbocycles. The van der Waals surface area contributed by atoms with Crippen LogP contribution in [0.1, 0.15) is 87.9 Å². The third kappa shape index (κ3) is 8.70. The lowest BCUT2D eigenvalue weighted by Crippen LogP contribution is -2.36. The van der Waals surface area contributed by atoms with Crippen molar-refractivity contribution in [1.82, 2.24) is 15.1 Å². The molecule has 0 spiro atoms. The van der Waals surface area contributed by atoms with Gasteiger partial charge in [-0.25, -0.2) is 4.79 Å². The number of carbonyl (C=O) groups excluding carboxylic acids is 3. The van der Waals surface area contributed by atoms with Crippen LogP contribution >= 0.6 is 0 Å². The van der Waals surface area contributed by atoms with E-state index >= 15 is 0 Å². The molecule has 0 unspecified atom stereocenters. The van der Waals surface area contributed by atoms with Crippen LogP contribution in [-0.2, 0) is 4.74 Å². The summed E-state index contributed by atoms with van der Waals surface area (Å²) in [6, 6.07) is 3.76. The van der Waals surface area contributed by atoms with Crippen LogP contribution in [0.25, 0.3) is 10.8 Å². The van der Waals surface area contributed by atoms with E-state index in [-0.39, 0.29) is 21.9 Å². The normalized spacial score (nSPS) is 11.3. The molecule has 0 fully saturated rings. The summed E-state index contributed by atoms with van der Waals surface area (Å²) in [5, 5.41) is 34.8. The zero-order valence-electron chi connectivity index (χ0n) is 24.8. The lowest BCUT2D eigenvalue weighted by Gasteiger charge is -2.25. The Morgan fingerprint density at radius 1 is 0.902 bits per heavy atom. The van der Waals surface area contributed by atoms with Crippen molar-refractivity contribution in [3.63, 3.8) is 0 Å². The Kier molecular flexibility index (Phi) is 11.7. The number of hydrogen-bond acceptors (Lipinski definition) is 8. The summed E-state index contributed by atoms with van der Waals surface area (Å²) in [4.78, 5) is 52.9. The average Bonchev–Trinajstić information content (AvgIpc) is 2.89. The smallest absolute Gasteiger partial charge is 0.407 e. The van der Waals surface area contributed by atoms with Crippen molar-refractivity contribution in [2.24, 2.45) is 0 Å². The quantitative estimate of drug-likeness (QED) is 0.127. The minimum atomic E-state index is -0.903. The first-order valence-electron chi connectivity index (χ1n) is 14.0. The van der Waals surface area contributed by atoms with Crippen LogP contribution in [0.5, 0.6) is 11.5 Å². The maximum Gasteiger partial charge on any atom is 0.407 e. The monoisotopic (exact) mass is 574 g/mol. The number of nitro groups is 1. The summed E-state index contributed by atoms with van der Waals surface area (Å²) >= 11 is 0. The summed E-state index contributed by atoms with van der Waals surface area (Å²) in [5.41, 5.74) is -1.23. The van der Waals surface area contributed by atoms with Gasteiger partial charge in [0.1, 0.15) is 5.60 Å². The minimum absolute atomic E-state index is 0.00828. The highest BCUT2D eigenvalue weighted by atomic mass is 16.6. The van der Waals surface area contributed by atoms with Gasteiger partial charge in [-0.05, 0) is 78.0 Å². The number of rotatable bonds is 13. The van der Waals surface area contributed by atoms with Crippen molar-refractivity contribution in [2.45, 2.75) is 72.8 Å². The van der Waals surface area contributed by atoms with Crippen LogP contribution in [0.2, 0.25) is 0 Å². The van der Waals surface area contributed by atoms with Gasteiger partial charge in [0, 0.05) is 32.7 Å². The summed E-state index contributed by atoms with van der Waals surface area (Å²) in [6.45, 7) is 12.8. The lowest BCUT2D eigenvalue weighted by molar-refractivity contribution is -0.384. The van der Waals surface area contributed by atoms with Crippen LogP contribution in [0, 0.1) is 10.1 Å². The number of hydrogen-bond donors (Lipinski definition) is 3. The Labute approximate surface area is 240 Å². The van der Waals surface area contributed by atoms with Crippen molar-refractivity contribution in [2.75, 3.05) is 32.7 Å². The van der Waals surface area contributed by atoms with Gasteiger partial charge < -0.3 is 30.1 Å². The SMILES string of the molecule is CCN(CC)C(=O)c1cc2c([N+](=O)[O-])c(O)c(O)cc2cc1C(=O)N(CC)CCCCCCNC(=O)OC(C)(C)C. The molecule has 0 aliphatic carbocycles. The molecule has 12 heteroatoms. The molecule has 0 saturated heterocycles. The van der Waals surface area contributed by atoms with Crippen molar-refractivity contribution in [1.29, 1.82) is 0 Å². The van der Waals surface area contributed by atoms with Gasteiger partial charge in [0.15, 0.2) is 5.75 Å². The van der Waals surface area contributed by atoms with E-state index in [1.165, 1.54) is 17.0 Å². The van der Waals surface area contributed by atoms with Crippen LogP contribution in [0.3, 0.4) is 0 Å². The van der Waals surface area contributed by atoms with Gasteiger partial charge in [-0.15, -0.1) is 0 Å². The molecule has 12 nitrogen and oxygen atoms in total. The zero-order valence-corrected chi connectivity index (χ0v) is 24.8. The largest absolute Gasteiger partial charge is 0.504 e. The van der Waals surface area contributed by atoms with Gasteiger partial charge in [-0.2, -0.15) is 0 Å². The molecule has 0 aliphatic heterocycles. The van der Waals surface area contributed by atoms with E-state index in [4.69, 9.17) is 4.74 Å². The highest BCUT2D eigenvalue weighted by Crippen LogP contribution is 2.42. The lowest BCUT2D eigenvalue weighted by atomic mass is 9.97.